The summed E-state index contributed by atoms with van der Waals surface area (Å²) >= 11 is 13.0. The maximum Gasteiger partial charge on any atom is 0.340 e. The minimum absolute atomic E-state index is 0.115. The van der Waals surface area contributed by atoms with Crippen LogP contribution in [0.25, 0.3) is 0 Å². The Hall–Kier alpha value is -1.41. The second-order valence-electron chi connectivity index (χ2n) is 6.85. The Labute approximate surface area is 213 Å². The van der Waals surface area contributed by atoms with E-state index in [4.69, 9.17) is 16.3 Å². The molecular formula is C19H19Br2ClFNO7S2. The lowest BCUT2D eigenvalue weighted by atomic mass is 10.1. The van der Waals surface area contributed by atoms with Gasteiger partial charge in [0.05, 0.1) is 39.3 Å². The number of nitrogens with zero attached hydrogens (tertiary/aromatic N) is 1. The third kappa shape index (κ3) is 7.04. The molecule has 0 aromatic heterocycles. The van der Waals surface area contributed by atoms with Crippen molar-refractivity contribution in [1.82, 2.24) is 0 Å². The number of carbonyl (C=O) groups excluding carboxylic acids is 1. The van der Waals surface area contributed by atoms with Gasteiger partial charge >= 0.3 is 5.97 Å². The fourth-order valence-electron chi connectivity index (χ4n) is 2.86. The normalized spacial score (nSPS) is 12.8. The van der Waals surface area contributed by atoms with Gasteiger partial charge in [-0.1, -0.05) is 23.7 Å². The molecule has 0 aliphatic rings. The van der Waals surface area contributed by atoms with Crippen LogP contribution in [0.4, 0.5) is 10.1 Å². The molecule has 0 unspecified atom stereocenters. The van der Waals surface area contributed by atoms with E-state index < -0.39 is 32.2 Å². The van der Waals surface area contributed by atoms with Crippen molar-refractivity contribution >= 4 is 75.2 Å². The smallest absolute Gasteiger partial charge is 0.340 e. The maximum absolute atomic E-state index is 13.9. The van der Waals surface area contributed by atoms with Crippen LogP contribution in [-0.4, -0.2) is 48.6 Å². The Balaban J connectivity index is 2.32. The Morgan fingerprint density at radius 3 is 2.15 bits per heavy atom. The number of alkyl halides is 1. The number of hydrogen-bond acceptors (Lipinski definition) is 7. The van der Waals surface area contributed by atoms with Gasteiger partial charge in [0.2, 0.25) is 26.2 Å². The Morgan fingerprint density at radius 2 is 1.67 bits per heavy atom. The molecule has 0 saturated heterocycles. The van der Waals surface area contributed by atoms with Gasteiger partial charge in [-0.25, -0.2) is 26.0 Å². The summed E-state index contributed by atoms with van der Waals surface area (Å²) in [5.41, 5.74) is 0.591. The summed E-state index contributed by atoms with van der Waals surface area (Å²) < 4.78 is 73.5. The van der Waals surface area contributed by atoms with Crippen molar-refractivity contribution in [3.8, 4) is 5.75 Å². The maximum atomic E-state index is 13.9. The largest absolute Gasteiger partial charge is 0.486 e. The summed E-state index contributed by atoms with van der Waals surface area (Å²) in [6, 6.07) is 7.41. The average Bonchev–Trinajstić information content (AvgIpc) is 2.67. The zero-order valence-electron chi connectivity index (χ0n) is 17.5. The summed E-state index contributed by atoms with van der Waals surface area (Å²) in [6.45, 7) is -0.140. The van der Waals surface area contributed by atoms with E-state index in [1.807, 2.05) is 0 Å². The van der Waals surface area contributed by atoms with Crippen molar-refractivity contribution in [1.29, 1.82) is 0 Å². The highest BCUT2D eigenvalue weighted by atomic mass is 79.9. The molecule has 0 aliphatic heterocycles. The van der Waals surface area contributed by atoms with Gasteiger partial charge in [0.1, 0.15) is 12.4 Å². The highest BCUT2D eigenvalue weighted by molar-refractivity contribution is 9.11. The molecule has 2 aromatic carbocycles. The summed E-state index contributed by atoms with van der Waals surface area (Å²) in [5, 5.41) is -0.115. The monoisotopic (exact) mass is 649 g/mol. The van der Waals surface area contributed by atoms with Crippen LogP contribution in [0, 0.1) is 0 Å². The van der Waals surface area contributed by atoms with Gasteiger partial charge < -0.3 is 9.47 Å². The van der Waals surface area contributed by atoms with Crippen LogP contribution in [0.1, 0.15) is 11.1 Å². The van der Waals surface area contributed by atoms with E-state index in [9.17, 15) is 26.0 Å². The Bertz CT molecular complexity index is 1220. The molecule has 1 atom stereocenters. The van der Waals surface area contributed by atoms with Crippen LogP contribution in [0.2, 0.25) is 5.02 Å². The molecule has 33 heavy (non-hydrogen) atoms. The summed E-state index contributed by atoms with van der Waals surface area (Å²) in [7, 11) is -7.25. The number of sulfonamides is 2. The lowest BCUT2D eigenvalue weighted by Gasteiger charge is -2.22. The molecule has 0 bridgehead atoms. The molecule has 2 rings (SSSR count). The summed E-state index contributed by atoms with van der Waals surface area (Å²) in [5.74, 6) is -0.647. The van der Waals surface area contributed by atoms with Gasteiger partial charge in [0, 0.05) is 12.0 Å². The second kappa shape index (κ2) is 10.9. The lowest BCUT2D eigenvalue weighted by molar-refractivity contribution is -0.146. The SMILES string of the molecule is COC(=O)[C@@H](F)Cc1cc(Br)c(OCc2cccc(N(S(C)(=O)=O)S(C)(=O)=O)c2Cl)c(Br)c1. The van der Waals surface area contributed by atoms with Crippen molar-refractivity contribution in [2.24, 2.45) is 0 Å². The number of ether oxygens (including phenoxy) is 2. The number of esters is 1. The van der Waals surface area contributed by atoms with Crippen LogP contribution < -0.4 is 8.45 Å². The van der Waals surface area contributed by atoms with Gasteiger partial charge in [-0.15, -0.1) is 0 Å². The molecular weight excluding hydrogens is 633 g/mol. The molecule has 0 fully saturated rings. The van der Waals surface area contributed by atoms with Crippen molar-refractivity contribution < 1.29 is 35.5 Å². The van der Waals surface area contributed by atoms with Crippen molar-refractivity contribution in [2.75, 3.05) is 23.3 Å². The topological polar surface area (TPSA) is 107 Å². The first kappa shape index (κ1) is 27.8. The van der Waals surface area contributed by atoms with E-state index in [2.05, 4.69) is 36.6 Å². The Kier molecular flexibility index (Phi) is 9.19. The molecule has 14 heteroatoms. The number of carbonyl (C=O) groups is 1. The third-order valence-electron chi connectivity index (χ3n) is 4.16. The predicted molar refractivity (Wildman–Crippen MR) is 130 cm³/mol. The number of benzene rings is 2. The molecule has 182 valence electrons. The number of methoxy groups -OCH3 is 1. The molecule has 2 aromatic rings. The highest BCUT2D eigenvalue weighted by Crippen LogP contribution is 2.37. The fraction of sp³-hybridized carbons (Fsp3) is 0.316. The number of rotatable bonds is 9. The first-order chi connectivity index (χ1) is 15.2. The van der Waals surface area contributed by atoms with Crippen molar-refractivity contribution in [3.05, 3.63) is 55.4 Å². The van der Waals surface area contributed by atoms with E-state index in [1.54, 1.807) is 18.2 Å². The van der Waals surface area contributed by atoms with Crippen LogP contribution in [0.15, 0.2) is 39.3 Å². The van der Waals surface area contributed by atoms with Gasteiger partial charge in [0.25, 0.3) is 0 Å². The fourth-order valence-corrected chi connectivity index (χ4v) is 7.72. The van der Waals surface area contributed by atoms with Gasteiger partial charge in [0.15, 0.2) is 0 Å². The number of hydrogen-bond donors (Lipinski definition) is 0. The first-order valence-corrected chi connectivity index (χ1v) is 14.6. The van der Waals surface area contributed by atoms with Crippen molar-refractivity contribution in [2.45, 2.75) is 19.2 Å². The summed E-state index contributed by atoms with van der Waals surface area (Å²) in [4.78, 5) is 11.3. The van der Waals surface area contributed by atoms with E-state index in [-0.39, 0.29) is 27.4 Å². The van der Waals surface area contributed by atoms with Crippen LogP contribution in [0.3, 0.4) is 0 Å². The number of halogens is 4. The zero-order chi connectivity index (χ0) is 25.1. The molecule has 0 aliphatic carbocycles. The van der Waals surface area contributed by atoms with Crippen molar-refractivity contribution in [3.63, 3.8) is 0 Å². The molecule has 0 heterocycles. The molecule has 0 radical (unpaired) electrons. The van der Waals surface area contributed by atoms with E-state index in [0.717, 1.165) is 19.6 Å². The Morgan fingerprint density at radius 1 is 1.12 bits per heavy atom. The second-order valence-corrected chi connectivity index (χ2v) is 12.8. The average molecular weight is 652 g/mol. The summed E-state index contributed by atoms with van der Waals surface area (Å²) in [6.07, 6.45) is -0.517. The van der Waals surface area contributed by atoms with Crippen LogP contribution in [0.5, 0.6) is 5.75 Å². The van der Waals surface area contributed by atoms with Crippen LogP contribution >= 0.6 is 43.5 Å². The predicted octanol–water partition coefficient (Wildman–Crippen LogP) is 4.22. The van der Waals surface area contributed by atoms with E-state index >= 15 is 0 Å². The lowest BCUT2D eigenvalue weighted by Crippen LogP contribution is -2.35. The zero-order valence-corrected chi connectivity index (χ0v) is 23.1. The highest BCUT2D eigenvalue weighted by Gasteiger charge is 2.30. The van der Waals surface area contributed by atoms with Crippen LogP contribution in [-0.2, 0) is 42.6 Å². The minimum atomic E-state index is -4.18. The standard InChI is InChI=1S/C19H19Br2ClFNO7S2/c1-30-19(25)15(23)9-11-7-13(20)18(14(21)8-11)31-10-12-5-4-6-16(17(12)22)24(32(2,26)27)33(3,28)29/h4-8,15H,9-10H2,1-3H3/t15-/m0/s1. The molecule has 8 nitrogen and oxygen atoms in total. The number of anilines is 1. The van der Waals surface area contributed by atoms with Gasteiger partial charge in [-0.05, 0) is 55.6 Å². The molecule has 0 saturated carbocycles. The van der Waals surface area contributed by atoms with Gasteiger partial charge in [-0.3, -0.25) is 0 Å². The first-order valence-electron chi connectivity index (χ1n) is 8.97. The molecule has 0 N–H and O–H groups in total. The van der Waals surface area contributed by atoms with Gasteiger partial charge in [-0.2, -0.15) is 3.71 Å². The van der Waals surface area contributed by atoms with E-state index in [0.29, 0.717) is 25.8 Å². The third-order valence-corrected chi connectivity index (χ3v) is 9.00. The van der Waals surface area contributed by atoms with E-state index in [1.165, 1.54) is 12.1 Å². The minimum Gasteiger partial charge on any atom is -0.486 e. The molecule has 0 spiro atoms. The quantitative estimate of drug-likeness (QED) is 0.374. The molecule has 0 amide bonds.